The molecule has 2 rings (SSSR count). The minimum absolute atomic E-state index is 0.0146. The number of aromatic carboxylic acids is 1. The Bertz CT molecular complexity index is 569. The molecule has 1 N–H and O–H groups in total. The summed E-state index contributed by atoms with van der Waals surface area (Å²) in [5, 5.41) is 13.0. The van der Waals surface area contributed by atoms with Gasteiger partial charge in [0.2, 0.25) is 5.91 Å². The number of nitrogens with zero attached hydrogens (tertiary/aromatic N) is 3. The summed E-state index contributed by atoms with van der Waals surface area (Å²) in [5.41, 5.74) is 0.0146. The highest BCUT2D eigenvalue weighted by Gasteiger charge is 2.34. The number of anilines is 1. The third-order valence-corrected chi connectivity index (χ3v) is 4.17. The largest absolute Gasteiger partial charge is 0.477 e. The zero-order valence-corrected chi connectivity index (χ0v) is 12.0. The maximum Gasteiger partial charge on any atom is 0.341 e. The zero-order chi connectivity index (χ0) is 14.9. The molecule has 1 aliphatic rings. The van der Waals surface area contributed by atoms with Crippen molar-refractivity contribution in [1.82, 2.24) is 9.78 Å². The minimum Gasteiger partial charge on any atom is -0.477 e. The maximum atomic E-state index is 12.1. The summed E-state index contributed by atoms with van der Waals surface area (Å²) >= 11 is 1.19. The van der Waals surface area contributed by atoms with Crippen LogP contribution in [0.4, 0.5) is 5.82 Å². The quantitative estimate of drug-likeness (QED) is 0.881. The Labute approximate surface area is 119 Å². The average Bonchev–Trinajstić information content (AvgIpc) is 2.90. The summed E-state index contributed by atoms with van der Waals surface area (Å²) in [4.78, 5) is 35.6. The van der Waals surface area contributed by atoms with Crippen molar-refractivity contribution in [3.8, 4) is 0 Å². The van der Waals surface area contributed by atoms with Gasteiger partial charge < -0.3 is 5.11 Å². The van der Waals surface area contributed by atoms with E-state index in [1.54, 1.807) is 7.05 Å². The van der Waals surface area contributed by atoms with Crippen molar-refractivity contribution in [2.45, 2.75) is 13.3 Å². The van der Waals surface area contributed by atoms with E-state index in [4.69, 9.17) is 5.11 Å². The summed E-state index contributed by atoms with van der Waals surface area (Å²) in [6, 6.07) is 0. The number of aryl methyl sites for hydroxylation is 1. The Balaban J connectivity index is 2.18. The number of thioether (sulfide) groups is 1. The van der Waals surface area contributed by atoms with Crippen molar-refractivity contribution in [1.29, 1.82) is 0 Å². The number of carboxylic acid groups (broad SMARTS) is 1. The van der Waals surface area contributed by atoms with Gasteiger partial charge in [0.15, 0.2) is 5.12 Å². The lowest BCUT2D eigenvalue weighted by Gasteiger charge is -2.17. The van der Waals surface area contributed by atoms with E-state index in [-0.39, 0.29) is 22.5 Å². The highest BCUT2D eigenvalue weighted by atomic mass is 32.2. The van der Waals surface area contributed by atoms with E-state index in [0.717, 1.165) is 0 Å². The molecule has 20 heavy (non-hydrogen) atoms. The van der Waals surface area contributed by atoms with Crippen LogP contribution < -0.4 is 4.90 Å². The van der Waals surface area contributed by atoms with Gasteiger partial charge >= 0.3 is 5.97 Å². The molecule has 8 heteroatoms. The van der Waals surface area contributed by atoms with Crippen LogP contribution in [0, 0.1) is 5.92 Å². The number of hydrogen-bond donors (Lipinski definition) is 1. The van der Waals surface area contributed by atoms with Crippen LogP contribution in [0.2, 0.25) is 0 Å². The van der Waals surface area contributed by atoms with Crippen molar-refractivity contribution in [2.24, 2.45) is 13.0 Å². The van der Waals surface area contributed by atoms with E-state index in [1.165, 1.54) is 34.5 Å². The summed E-state index contributed by atoms with van der Waals surface area (Å²) in [5.74, 6) is -0.323. The van der Waals surface area contributed by atoms with Gasteiger partial charge in [-0.15, -0.1) is 0 Å². The Morgan fingerprint density at radius 1 is 1.55 bits per heavy atom. The van der Waals surface area contributed by atoms with Gasteiger partial charge in [-0.2, -0.15) is 5.10 Å². The molecule has 1 aromatic heterocycles. The molecular weight excluding hydrogens is 282 g/mol. The monoisotopic (exact) mass is 297 g/mol. The first kappa shape index (κ1) is 14.6. The smallest absolute Gasteiger partial charge is 0.341 e. The molecule has 1 amide bonds. The molecule has 7 nitrogen and oxygen atoms in total. The first-order chi connectivity index (χ1) is 9.40. The predicted octanol–water partition coefficient (Wildman–Crippen LogP) is 0.751. The lowest BCUT2D eigenvalue weighted by atomic mass is 10.1. The highest BCUT2D eigenvalue weighted by molar-refractivity contribution is 8.13. The van der Waals surface area contributed by atoms with Gasteiger partial charge in [-0.05, 0) is 5.92 Å². The molecule has 0 saturated carbocycles. The number of rotatable bonds is 4. The molecule has 1 aromatic rings. The van der Waals surface area contributed by atoms with Crippen LogP contribution in [0.15, 0.2) is 6.20 Å². The molecule has 1 fully saturated rings. The molecule has 1 saturated heterocycles. The summed E-state index contributed by atoms with van der Waals surface area (Å²) in [7, 11) is 1.60. The Hall–Kier alpha value is -1.83. The maximum absolute atomic E-state index is 12.1. The molecule has 1 aliphatic heterocycles. The van der Waals surface area contributed by atoms with Gasteiger partial charge in [0, 0.05) is 32.7 Å². The second-order valence-electron chi connectivity index (χ2n) is 4.69. The van der Waals surface area contributed by atoms with Crippen LogP contribution >= 0.6 is 11.8 Å². The number of aromatic nitrogens is 2. The van der Waals surface area contributed by atoms with Crippen LogP contribution in [0.25, 0.3) is 0 Å². The number of carboxylic acids is 1. The summed E-state index contributed by atoms with van der Waals surface area (Å²) in [6.07, 6.45) is 1.56. The van der Waals surface area contributed by atoms with Crippen LogP contribution in [0.1, 0.15) is 23.7 Å². The number of hydrogen-bond acceptors (Lipinski definition) is 5. The Kier molecular flexibility index (Phi) is 4.12. The van der Waals surface area contributed by atoms with Gasteiger partial charge in [0.1, 0.15) is 11.4 Å². The van der Waals surface area contributed by atoms with Crippen molar-refractivity contribution in [3.05, 3.63) is 11.8 Å². The summed E-state index contributed by atoms with van der Waals surface area (Å²) in [6.45, 7) is 1.90. The molecule has 2 heterocycles. The fraction of sp³-hybridized carbons (Fsp3) is 0.500. The third kappa shape index (κ3) is 2.84. The molecule has 108 valence electrons. The number of carbonyl (C=O) groups excluding carboxylic acids is 2. The normalized spacial score (nSPS) is 18.6. The molecule has 0 aromatic carbocycles. The SMILES string of the molecule is CC(=O)SCC1CC(=O)N(c2c(C(=O)O)cnn2C)C1. The second kappa shape index (κ2) is 5.66. The predicted molar refractivity (Wildman–Crippen MR) is 73.8 cm³/mol. The first-order valence-corrected chi connectivity index (χ1v) is 7.07. The van der Waals surface area contributed by atoms with Gasteiger partial charge in [-0.3, -0.25) is 19.2 Å². The van der Waals surface area contributed by atoms with E-state index >= 15 is 0 Å². The Morgan fingerprint density at radius 3 is 2.85 bits per heavy atom. The van der Waals surface area contributed by atoms with Gasteiger partial charge in [0.25, 0.3) is 0 Å². The fourth-order valence-corrected chi connectivity index (χ4v) is 2.93. The van der Waals surface area contributed by atoms with Crippen LogP contribution in [0.3, 0.4) is 0 Å². The van der Waals surface area contributed by atoms with Crippen molar-refractivity contribution in [3.63, 3.8) is 0 Å². The number of carbonyl (C=O) groups is 3. The van der Waals surface area contributed by atoms with Gasteiger partial charge in [-0.25, -0.2) is 4.79 Å². The zero-order valence-electron chi connectivity index (χ0n) is 11.2. The fourth-order valence-electron chi connectivity index (χ4n) is 2.24. The molecule has 1 unspecified atom stereocenters. The van der Waals surface area contributed by atoms with Crippen molar-refractivity contribution >= 4 is 34.6 Å². The topological polar surface area (TPSA) is 92.5 Å². The minimum atomic E-state index is -1.11. The third-order valence-electron chi connectivity index (χ3n) is 3.12. The van der Waals surface area contributed by atoms with Crippen LogP contribution in [-0.4, -0.2) is 44.2 Å². The van der Waals surface area contributed by atoms with E-state index in [9.17, 15) is 14.4 Å². The van der Waals surface area contributed by atoms with E-state index in [1.807, 2.05) is 0 Å². The lowest BCUT2D eigenvalue weighted by molar-refractivity contribution is -0.117. The van der Waals surface area contributed by atoms with E-state index in [2.05, 4.69) is 5.10 Å². The van der Waals surface area contributed by atoms with Gasteiger partial charge in [0.05, 0.1) is 6.20 Å². The standard InChI is InChI=1S/C12H15N3O4S/c1-7(16)20-6-8-3-10(17)15(5-8)11-9(12(18)19)4-13-14(11)2/h4,8H,3,5-6H2,1-2H3,(H,18,19). The average molecular weight is 297 g/mol. The molecule has 0 bridgehead atoms. The van der Waals surface area contributed by atoms with Crippen LogP contribution in [-0.2, 0) is 16.6 Å². The van der Waals surface area contributed by atoms with Crippen LogP contribution in [0.5, 0.6) is 0 Å². The van der Waals surface area contributed by atoms with Gasteiger partial charge in [-0.1, -0.05) is 11.8 Å². The van der Waals surface area contributed by atoms with E-state index in [0.29, 0.717) is 24.5 Å². The Morgan fingerprint density at radius 2 is 2.25 bits per heavy atom. The molecule has 0 spiro atoms. The van der Waals surface area contributed by atoms with Crippen molar-refractivity contribution in [2.75, 3.05) is 17.2 Å². The molecule has 0 radical (unpaired) electrons. The lowest BCUT2D eigenvalue weighted by Crippen LogP contribution is -2.28. The molecular formula is C12H15N3O4S. The summed E-state index contributed by atoms with van der Waals surface area (Å²) < 4.78 is 1.39. The first-order valence-electron chi connectivity index (χ1n) is 6.09. The van der Waals surface area contributed by atoms with Crippen molar-refractivity contribution < 1.29 is 19.5 Å². The number of amides is 1. The molecule has 0 aliphatic carbocycles. The second-order valence-corrected chi connectivity index (χ2v) is 5.88. The van der Waals surface area contributed by atoms with E-state index < -0.39 is 5.97 Å². The molecule has 1 atom stereocenters. The highest BCUT2D eigenvalue weighted by Crippen LogP contribution is 2.29.